The number of carboxylic acid groups (broad SMARTS) is 1. The average molecular weight is 262 g/mol. The molecule has 0 atom stereocenters. The van der Waals surface area contributed by atoms with Crippen molar-refractivity contribution in [3.05, 3.63) is 35.5 Å². The highest BCUT2D eigenvalue weighted by Gasteiger charge is 2.10. The first-order chi connectivity index (χ1) is 9.06. The number of nitrogens with one attached hydrogen (secondary N) is 1. The van der Waals surface area contributed by atoms with Crippen molar-refractivity contribution < 1.29 is 14.4 Å². The SMILES string of the molecule is Cc1nc(CCNc2cc(N)ccc2C(=O)O)no1. The average Bonchev–Trinajstić information content (AvgIpc) is 2.75. The van der Waals surface area contributed by atoms with Crippen LogP contribution in [0.25, 0.3) is 0 Å². The summed E-state index contributed by atoms with van der Waals surface area (Å²) in [5.41, 5.74) is 6.80. The fourth-order valence-corrected chi connectivity index (χ4v) is 1.65. The summed E-state index contributed by atoms with van der Waals surface area (Å²) >= 11 is 0. The van der Waals surface area contributed by atoms with E-state index >= 15 is 0 Å². The molecular formula is C12H14N4O3. The third-order valence-electron chi connectivity index (χ3n) is 2.51. The predicted molar refractivity (Wildman–Crippen MR) is 69.0 cm³/mol. The third kappa shape index (κ3) is 3.21. The molecule has 1 heterocycles. The van der Waals surface area contributed by atoms with Crippen molar-refractivity contribution in [1.82, 2.24) is 10.1 Å². The maximum atomic E-state index is 11.0. The van der Waals surface area contributed by atoms with Crippen LogP contribution in [0.15, 0.2) is 22.7 Å². The first-order valence-corrected chi connectivity index (χ1v) is 5.72. The lowest BCUT2D eigenvalue weighted by atomic mass is 10.1. The van der Waals surface area contributed by atoms with Gasteiger partial charge in [0.05, 0.1) is 11.3 Å². The molecule has 0 aliphatic carbocycles. The number of nitrogens with two attached hydrogens (primary N) is 1. The first-order valence-electron chi connectivity index (χ1n) is 5.72. The summed E-state index contributed by atoms with van der Waals surface area (Å²) in [7, 11) is 0. The number of aromatic nitrogens is 2. The van der Waals surface area contributed by atoms with Crippen LogP contribution in [-0.4, -0.2) is 27.8 Å². The van der Waals surface area contributed by atoms with Gasteiger partial charge in [0.15, 0.2) is 5.82 Å². The summed E-state index contributed by atoms with van der Waals surface area (Å²) in [5.74, 6) is 0.0777. The number of carboxylic acids is 1. The summed E-state index contributed by atoms with van der Waals surface area (Å²) in [6.45, 7) is 2.20. The van der Waals surface area contributed by atoms with E-state index in [1.54, 1.807) is 19.1 Å². The molecule has 0 bridgehead atoms. The summed E-state index contributed by atoms with van der Waals surface area (Å²) in [5, 5.41) is 15.8. The number of hydrogen-bond donors (Lipinski definition) is 3. The Morgan fingerprint density at radius 2 is 2.32 bits per heavy atom. The largest absolute Gasteiger partial charge is 0.478 e. The molecule has 0 amide bonds. The number of aromatic carboxylic acids is 1. The molecular weight excluding hydrogens is 248 g/mol. The first kappa shape index (κ1) is 12.9. The van der Waals surface area contributed by atoms with Gasteiger partial charge in [-0.1, -0.05) is 5.16 Å². The smallest absolute Gasteiger partial charge is 0.337 e. The molecule has 2 aromatic rings. The summed E-state index contributed by atoms with van der Waals surface area (Å²) in [6.07, 6.45) is 0.533. The summed E-state index contributed by atoms with van der Waals surface area (Å²) < 4.78 is 4.85. The van der Waals surface area contributed by atoms with E-state index in [-0.39, 0.29) is 5.56 Å². The van der Waals surface area contributed by atoms with Gasteiger partial charge in [0, 0.05) is 25.6 Å². The molecule has 0 fully saturated rings. The highest BCUT2D eigenvalue weighted by Crippen LogP contribution is 2.19. The lowest BCUT2D eigenvalue weighted by molar-refractivity contribution is 0.0698. The number of carbonyl (C=O) groups is 1. The molecule has 0 saturated carbocycles. The molecule has 0 radical (unpaired) electrons. The molecule has 0 unspecified atom stereocenters. The fourth-order valence-electron chi connectivity index (χ4n) is 1.65. The fraction of sp³-hybridized carbons (Fsp3) is 0.250. The van der Waals surface area contributed by atoms with Gasteiger partial charge < -0.3 is 20.7 Å². The zero-order valence-electron chi connectivity index (χ0n) is 10.4. The predicted octanol–water partition coefficient (Wildman–Crippen LogP) is 1.31. The summed E-state index contributed by atoms with van der Waals surface area (Å²) in [4.78, 5) is 15.1. The van der Waals surface area contributed by atoms with E-state index in [4.69, 9.17) is 15.4 Å². The van der Waals surface area contributed by atoms with Gasteiger partial charge >= 0.3 is 5.97 Å². The topological polar surface area (TPSA) is 114 Å². The molecule has 19 heavy (non-hydrogen) atoms. The van der Waals surface area contributed by atoms with Gasteiger partial charge in [-0.25, -0.2) is 4.79 Å². The number of nitrogens with zero attached hydrogens (tertiary/aromatic N) is 2. The lowest BCUT2D eigenvalue weighted by Gasteiger charge is -2.09. The van der Waals surface area contributed by atoms with Crippen molar-refractivity contribution in [2.75, 3.05) is 17.6 Å². The van der Waals surface area contributed by atoms with Crippen LogP contribution in [0.5, 0.6) is 0 Å². The van der Waals surface area contributed by atoms with E-state index in [9.17, 15) is 4.79 Å². The second kappa shape index (κ2) is 5.38. The van der Waals surface area contributed by atoms with Gasteiger partial charge in [-0.3, -0.25) is 0 Å². The van der Waals surface area contributed by atoms with Crippen LogP contribution in [0, 0.1) is 6.92 Å². The van der Waals surface area contributed by atoms with Crippen molar-refractivity contribution in [2.24, 2.45) is 0 Å². The molecule has 0 saturated heterocycles. The van der Waals surface area contributed by atoms with Crippen LogP contribution in [0.1, 0.15) is 22.1 Å². The molecule has 0 aliphatic heterocycles. The van der Waals surface area contributed by atoms with Crippen molar-refractivity contribution >= 4 is 17.3 Å². The lowest BCUT2D eigenvalue weighted by Crippen LogP contribution is -2.10. The third-order valence-corrected chi connectivity index (χ3v) is 2.51. The molecule has 4 N–H and O–H groups in total. The number of nitrogen functional groups attached to an aromatic ring is 1. The van der Waals surface area contributed by atoms with Gasteiger partial charge in [-0.05, 0) is 18.2 Å². The molecule has 7 nitrogen and oxygen atoms in total. The Bertz CT molecular complexity index is 594. The molecule has 7 heteroatoms. The van der Waals surface area contributed by atoms with Crippen LogP contribution in [-0.2, 0) is 6.42 Å². The van der Waals surface area contributed by atoms with E-state index < -0.39 is 5.97 Å². The molecule has 0 aliphatic rings. The Hall–Kier alpha value is -2.57. The Morgan fingerprint density at radius 3 is 2.95 bits per heavy atom. The number of anilines is 2. The van der Waals surface area contributed by atoms with Gasteiger partial charge in [-0.2, -0.15) is 4.98 Å². The second-order valence-electron chi connectivity index (χ2n) is 4.02. The van der Waals surface area contributed by atoms with E-state index in [1.165, 1.54) is 6.07 Å². The second-order valence-corrected chi connectivity index (χ2v) is 4.02. The monoisotopic (exact) mass is 262 g/mol. The number of rotatable bonds is 5. The van der Waals surface area contributed by atoms with Gasteiger partial charge in [0.25, 0.3) is 0 Å². The Kier molecular flexibility index (Phi) is 3.65. The molecule has 100 valence electrons. The zero-order valence-corrected chi connectivity index (χ0v) is 10.4. The Balaban J connectivity index is 2.02. The van der Waals surface area contributed by atoms with Crippen molar-refractivity contribution in [3.63, 3.8) is 0 Å². The minimum atomic E-state index is -1.00. The summed E-state index contributed by atoms with van der Waals surface area (Å²) in [6, 6.07) is 4.61. The number of aryl methyl sites for hydroxylation is 1. The van der Waals surface area contributed by atoms with Crippen LogP contribution in [0.3, 0.4) is 0 Å². The molecule has 1 aromatic heterocycles. The minimum absolute atomic E-state index is 0.179. The number of hydrogen-bond acceptors (Lipinski definition) is 6. The number of benzene rings is 1. The van der Waals surface area contributed by atoms with Crippen molar-refractivity contribution in [3.8, 4) is 0 Å². The van der Waals surface area contributed by atoms with E-state index in [0.717, 1.165) is 0 Å². The quantitative estimate of drug-likeness (QED) is 0.696. The van der Waals surface area contributed by atoms with Gasteiger partial charge in [-0.15, -0.1) is 0 Å². The van der Waals surface area contributed by atoms with E-state index in [2.05, 4.69) is 15.5 Å². The van der Waals surface area contributed by atoms with Crippen LogP contribution >= 0.6 is 0 Å². The maximum absolute atomic E-state index is 11.0. The Labute approximate surface area is 109 Å². The van der Waals surface area contributed by atoms with Gasteiger partial charge in [0.2, 0.25) is 5.89 Å². The van der Waals surface area contributed by atoms with Crippen molar-refractivity contribution in [2.45, 2.75) is 13.3 Å². The van der Waals surface area contributed by atoms with Crippen molar-refractivity contribution in [1.29, 1.82) is 0 Å². The standard InChI is InChI=1S/C12H14N4O3/c1-7-15-11(16-19-7)4-5-14-10-6-8(13)2-3-9(10)12(17)18/h2-3,6,14H,4-5,13H2,1H3,(H,17,18). The maximum Gasteiger partial charge on any atom is 0.337 e. The van der Waals surface area contributed by atoms with Crippen LogP contribution < -0.4 is 11.1 Å². The minimum Gasteiger partial charge on any atom is -0.478 e. The van der Waals surface area contributed by atoms with Crippen LogP contribution in [0.2, 0.25) is 0 Å². The molecule has 0 spiro atoms. The zero-order chi connectivity index (χ0) is 13.8. The highest BCUT2D eigenvalue weighted by atomic mass is 16.5. The molecule has 1 aromatic carbocycles. The van der Waals surface area contributed by atoms with E-state index in [1.807, 2.05) is 0 Å². The molecule has 2 rings (SSSR count). The van der Waals surface area contributed by atoms with E-state index in [0.29, 0.717) is 36.1 Å². The van der Waals surface area contributed by atoms with Gasteiger partial charge in [0.1, 0.15) is 0 Å². The van der Waals surface area contributed by atoms with Crippen LogP contribution in [0.4, 0.5) is 11.4 Å². The highest BCUT2D eigenvalue weighted by molar-refractivity contribution is 5.95. The normalized spacial score (nSPS) is 10.4. The Morgan fingerprint density at radius 1 is 1.53 bits per heavy atom.